The molecule has 4 fully saturated rings. The van der Waals surface area contributed by atoms with Crippen LogP contribution in [0.3, 0.4) is 0 Å². The van der Waals surface area contributed by atoms with Gasteiger partial charge in [-0.25, -0.2) is 0 Å². The lowest BCUT2D eigenvalue weighted by Crippen LogP contribution is -2.63. The van der Waals surface area contributed by atoms with Crippen molar-refractivity contribution in [2.24, 2.45) is 28.2 Å². The van der Waals surface area contributed by atoms with E-state index < -0.39 is 16.9 Å². The Morgan fingerprint density at radius 1 is 1.17 bits per heavy atom. The molecule has 4 aliphatic carbocycles. The third kappa shape index (κ3) is 3.67. The summed E-state index contributed by atoms with van der Waals surface area (Å²) < 4.78 is 1.92. The fourth-order valence-electron chi connectivity index (χ4n) is 7.49. The van der Waals surface area contributed by atoms with Gasteiger partial charge in [-0.15, -0.1) is 0 Å². The molecule has 2 unspecified atom stereocenters. The molecule has 0 radical (unpaired) electrons. The third-order valence-electron chi connectivity index (χ3n) is 8.90. The van der Waals surface area contributed by atoms with E-state index in [-0.39, 0.29) is 17.9 Å². The second kappa shape index (κ2) is 8.48. The Bertz CT molecular complexity index is 1310. The van der Waals surface area contributed by atoms with Crippen LogP contribution in [0.25, 0.3) is 11.1 Å². The zero-order chi connectivity index (χ0) is 25.8. The Balaban J connectivity index is 1.46. The number of rotatable bonds is 5. The van der Waals surface area contributed by atoms with Gasteiger partial charge < -0.3 is 10.4 Å². The molecule has 4 bridgehead atoms. The number of nitrogens with zero attached hydrogens (tertiary/aromatic N) is 5. The summed E-state index contributed by atoms with van der Waals surface area (Å²) in [6.45, 7) is 7.99. The number of aromatic nitrogens is 2. The monoisotopic (exact) mass is 484 g/mol. The van der Waals surface area contributed by atoms with Gasteiger partial charge in [0, 0.05) is 17.3 Å². The first-order valence-corrected chi connectivity index (χ1v) is 12.6. The van der Waals surface area contributed by atoms with Crippen molar-refractivity contribution in [1.29, 1.82) is 10.5 Å². The molecule has 1 aromatic heterocycles. The molecule has 8 nitrogen and oxygen atoms in total. The lowest BCUT2D eigenvalue weighted by molar-refractivity contribution is -0.166. The number of carboxylic acids is 1. The van der Waals surface area contributed by atoms with Gasteiger partial charge in [-0.2, -0.15) is 20.6 Å². The molecule has 2 aromatic rings. The Morgan fingerprint density at radius 2 is 1.81 bits per heavy atom. The van der Waals surface area contributed by atoms with E-state index in [2.05, 4.69) is 16.4 Å². The Morgan fingerprint density at radius 3 is 2.36 bits per heavy atom. The summed E-state index contributed by atoms with van der Waals surface area (Å²) in [5.41, 5.74) is 3.09. The second-order valence-corrected chi connectivity index (χ2v) is 11.5. The highest BCUT2D eigenvalue weighted by molar-refractivity contribution is 5.90. The average Bonchev–Trinajstić information content (AvgIpc) is 3.14. The van der Waals surface area contributed by atoms with Gasteiger partial charge in [0.25, 0.3) is 0 Å². The zero-order valence-electron chi connectivity index (χ0n) is 21.2. The number of nitrogens with one attached hydrogen (secondary N) is 1. The largest absolute Gasteiger partial charge is 0.481 e. The molecular weight excluding hydrogens is 452 g/mol. The van der Waals surface area contributed by atoms with E-state index in [0.29, 0.717) is 30.2 Å². The number of aryl methyl sites for hydroxylation is 1. The van der Waals surface area contributed by atoms with Gasteiger partial charge in [-0.1, -0.05) is 12.1 Å². The summed E-state index contributed by atoms with van der Waals surface area (Å²) in [7, 11) is 0. The molecule has 1 heterocycles. The normalized spacial score (nSPS) is 29.0. The van der Waals surface area contributed by atoms with E-state index in [1.165, 1.54) is 0 Å². The minimum atomic E-state index is -0.728. The van der Waals surface area contributed by atoms with Crippen molar-refractivity contribution < 1.29 is 9.90 Å². The third-order valence-corrected chi connectivity index (χ3v) is 8.90. The van der Waals surface area contributed by atoms with Crippen LogP contribution in [0.4, 0.5) is 0 Å². The van der Waals surface area contributed by atoms with Gasteiger partial charge in [0.1, 0.15) is 11.4 Å². The molecule has 8 heteroatoms. The number of carboxylic acid groups (broad SMARTS) is 1. The molecule has 186 valence electrons. The lowest BCUT2D eigenvalue weighted by Gasteiger charge is -2.58. The van der Waals surface area contributed by atoms with Crippen molar-refractivity contribution >= 4 is 11.8 Å². The van der Waals surface area contributed by atoms with Crippen molar-refractivity contribution in [2.75, 3.05) is 0 Å². The average molecular weight is 485 g/mol. The fraction of sp³-hybridized carbons (Fsp3) is 0.536. The molecular formula is C28H32N6O2. The molecule has 0 amide bonds. The molecule has 4 aliphatic rings. The van der Waals surface area contributed by atoms with Crippen LogP contribution in [0, 0.1) is 59.8 Å². The first kappa shape index (κ1) is 24.1. The highest BCUT2D eigenvalue weighted by atomic mass is 16.4. The predicted octanol–water partition coefficient (Wildman–Crippen LogP) is 4.52. The Kier molecular flexibility index (Phi) is 5.67. The molecule has 2 N–H and O–H groups in total. The van der Waals surface area contributed by atoms with E-state index in [0.717, 1.165) is 41.8 Å². The summed E-state index contributed by atoms with van der Waals surface area (Å²) in [5.74, 6) is 0.920. The minimum Gasteiger partial charge on any atom is -0.481 e. The summed E-state index contributed by atoms with van der Waals surface area (Å²) in [4.78, 5) is 16.4. The van der Waals surface area contributed by atoms with Crippen molar-refractivity contribution in [3.63, 3.8) is 0 Å². The van der Waals surface area contributed by atoms with E-state index in [1.807, 2.05) is 50.7 Å². The van der Waals surface area contributed by atoms with Crippen LogP contribution in [0.5, 0.6) is 0 Å². The summed E-state index contributed by atoms with van der Waals surface area (Å²) in [6.07, 6.45) is 6.24. The van der Waals surface area contributed by atoms with Crippen molar-refractivity contribution in [1.82, 2.24) is 15.1 Å². The van der Waals surface area contributed by atoms with Crippen LogP contribution in [0.2, 0.25) is 0 Å². The molecule has 6 rings (SSSR count). The summed E-state index contributed by atoms with van der Waals surface area (Å²) >= 11 is 0. The zero-order valence-corrected chi connectivity index (χ0v) is 21.2. The molecule has 0 spiro atoms. The molecule has 0 aliphatic heterocycles. The maximum atomic E-state index is 12.1. The van der Waals surface area contributed by atoms with Crippen LogP contribution in [-0.2, 0) is 10.3 Å². The predicted molar refractivity (Wildman–Crippen MR) is 135 cm³/mol. The number of nitriles is 2. The lowest BCUT2D eigenvalue weighted by atomic mass is 9.48. The van der Waals surface area contributed by atoms with Crippen molar-refractivity contribution in [3.05, 3.63) is 41.2 Å². The SMILES string of the molecule is Cc1nn(C(C)(C)/C(=N\C#N)NC2C3CC4CC2CC(C(=O)O)(C4)C3)c(C)c1-c1ccc(C#N)cc1. The maximum absolute atomic E-state index is 12.1. The number of aliphatic imine (C=N–C) groups is 1. The van der Waals surface area contributed by atoms with E-state index in [1.54, 1.807) is 12.1 Å². The quantitative estimate of drug-likeness (QED) is 0.365. The minimum absolute atomic E-state index is 0.107. The molecule has 36 heavy (non-hydrogen) atoms. The van der Waals surface area contributed by atoms with Crippen LogP contribution >= 0.6 is 0 Å². The van der Waals surface area contributed by atoms with E-state index in [4.69, 9.17) is 10.4 Å². The highest BCUT2D eigenvalue weighted by Gasteiger charge is 2.59. The molecule has 2 atom stereocenters. The maximum Gasteiger partial charge on any atom is 0.309 e. The molecule has 0 saturated heterocycles. The number of carbonyl (C=O) groups is 1. The standard InChI is InChI=1S/C28H32N6O2/c1-16-23(20-7-5-18(14-29)6-8-20)17(2)34(33-16)27(3,4)25(31-15-30)32-24-21-9-19-10-22(24)13-28(11-19,12-21)26(35)36/h5-8,19,21-22,24H,9-13H2,1-4H3,(H,31,32)(H,35,36). The van der Waals surface area contributed by atoms with Crippen LogP contribution in [0.1, 0.15) is 62.9 Å². The van der Waals surface area contributed by atoms with Gasteiger partial charge in [-0.3, -0.25) is 9.48 Å². The number of hydrogen-bond donors (Lipinski definition) is 2. The first-order chi connectivity index (χ1) is 17.1. The summed E-state index contributed by atoms with van der Waals surface area (Å²) in [6, 6.07) is 9.73. The van der Waals surface area contributed by atoms with Gasteiger partial charge >= 0.3 is 5.97 Å². The van der Waals surface area contributed by atoms with Crippen molar-refractivity contribution in [2.45, 2.75) is 71.4 Å². The van der Waals surface area contributed by atoms with Gasteiger partial charge in [0.05, 0.1) is 22.7 Å². The van der Waals surface area contributed by atoms with Gasteiger partial charge in [-0.05, 0) is 95.2 Å². The van der Waals surface area contributed by atoms with E-state index in [9.17, 15) is 15.2 Å². The number of benzene rings is 1. The number of aliphatic carboxylic acids is 1. The topological polar surface area (TPSA) is 127 Å². The summed E-state index contributed by atoms with van der Waals surface area (Å²) in [5, 5.41) is 37.2. The van der Waals surface area contributed by atoms with Gasteiger partial charge in [0.15, 0.2) is 0 Å². The number of hydrogen-bond acceptors (Lipinski definition) is 5. The smallest absolute Gasteiger partial charge is 0.309 e. The molecule has 4 saturated carbocycles. The Hall–Kier alpha value is -3.65. The highest BCUT2D eigenvalue weighted by Crippen LogP contribution is 2.60. The first-order valence-electron chi connectivity index (χ1n) is 12.6. The van der Waals surface area contributed by atoms with Crippen LogP contribution < -0.4 is 5.32 Å². The van der Waals surface area contributed by atoms with Gasteiger partial charge in [0.2, 0.25) is 6.19 Å². The van der Waals surface area contributed by atoms with E-state index >= 15 is 0 Å². The molecule has 1 aromatic carbocycles. The van der Waals surface area contributed by atoms with Crippen LogP contribution in [-0.4, -0.2) is 32.7 Å². The second-order valence-electron chi connectivity index (χ2n) is 11.5. The van der Waals surface area contributed by atoms with Crippen molar-refractivity contribution in [3.8, 4) is 23.4 Å². The Labute approximate surface area is 211 Å². The van der Waals surface area contributed by atoms with Crippen LogP contribution in [0.15, 0.2) is 29.3 Å². The number of amidine groups is 1. The fourth-order valence-corrected chi connectivity index (χ4v) is 7.49.